The lowest BCUT2D eigenvalue weighted by atomic mass is 10.1. The Morgan fingerprint density at radius 3 is 2.58 bits per heavy atom. The van der Waals surface area contributed by atoms with Crippen LogP contribution in [0.15, 0.2) is 52.3 Å². The van der Waals surface area contributed by atoms with Gasteiger partial charge in [-0.3, -0.25) is 18.9 Å². The summed E-state index contributed by atoms with van der Waals surface area (Å²) in [7, 11) is 0. The second-order valence-corrected chi connectivity index (χ2v) is 10.3. The Hall–Kier alpha value is -2.97. The van der Waals surface area contributed by atoms with Gasteiger partial charge in [0.05, 0.1) is 17.0 Å². The van der Waals surface area contributed by atoms with Crippen LogP contribution in [-0.2, 0) is 11.3 Å². The number of nitrogens with zero attached hydrogens (tertiary/aromatic N) is 3. The number of hydrogen-bond donors (Lipinski definition) is 1. The van der Waals surface area contributed by atoms with E-state index in [0.717, 1.165) is 16.7 Å². The van der Waals surface area contributed by atoms with Crippen LogP contribution < -0.4 is 10.9 Å². The molecule has 1 aromatic carbocycles. The molecule has 1 fully saturated rings. The minimum atomic E-state index is -0.223. The van der Waals surface area contributed by atoms with Gasteiger partial charge in [0.2, 0.25) is 0 Å². The van der Waals surface area contributed by atoms with Gasteiger partial charge in [0, 0.05) is 12.7 Å². The van der Waals surface area contributed by atoms with E-state index in [1.807, 2.05) is 50.2 Å². The second kappa shape index (κ2) is 9.49. The Morgan fingerprint density at radius 2 is 1.88 bits per heavy atom. The molecule has 170 valence electrons. The van der Waals surface area contributed by atoms with Gasteiger partial charge in [-0.25, -0.2) is 4.98 Å². The zero-order valence-electron chi connectivity index (χ0n) is 19.1. The number of nitrogens with one attached hydrogen (secondary N) is 1. The molecule has 1 aliphatic heterocycles. The molecular formula is C25H26N4O2S2. The fourth-order valence-corrected chi connectivity index (χ4v) is 4.76. The average Bonchev–Trinajstić information content (AvgIpc) is 3.04. The Morgan fingerprint density at radius 1 is 1.15 bits per heavy atom. The molecule has 1 amide bonds. The minimum Gasteiger partial charge on any atom is -0.369 e. The summed E-state index contributed by atoms with van der Waals surface area (Å²) in [5, 5.41) is 3.29. The summed E-state index contributed by atoms with van der Waals surface area (Å²) in [6.07, 6.45) is 3.32. The zero-order chi connectivity index (χ0) is 23.7. The lowest BCUT2D eigenvalue weighted by Gasteiger charge is -2.15. The van der Waals surface area contributed by atoms with E-state index >= 15 is 0 Å². The molecule has 3 aromatic rings. The zero-order valence-corrected chi connectivity index (χ0v) is 20.7. The molecule has 8 heteroatoms. The molecule has 0 bridgehead atoms. The Balaban J connectivity index is 1.74. The van der Waals surface area contributed by atoms with E-state index in [1.54, 1.807) is 17.2 Å². The van der Waals surface area contributed by atoms with Crippen LogP contribution in [0.5, 0.6) is 0 Å². The maximum Gasteiger partial charge on any atom is 0.267 e. The first-order valence-corrected chi connectivity index (χ1v) is 12.0. The van der Waals surface area contributed by atoms with Crippen molar-refractivity contribution in [2.45, 2.75) is 34.2 Å². The summed E-state index contributed by atoms with van der Waals surface area (Å²) in [4.78, 5) is 33.3. The highest BCUT2D eigenvalue weighted by molar-refractivity contribution is 8.26. The van der Waals surface area contributed by atoms with Gasteiger partial charge < -0.3 is 5.32 Å². The quantitative estimate of drug-likeness (QED) is 0.406. The number of rotatable bonds is 6. The number of anilines is 1. The molecule has 4 rings (SSSR count). The number of hydrogen-bond acceptors (Lipinski definition) is 6. The summed E-state index contributed by atoms with van der Waals surface area (Å²) >= 11 is 6.71. The predicted octanol–water partition coefficient (Wildman–Crippen LogP) is 4.78. The molecule has 33 heavy (non-hydrogen) atoms. The van der Waals surface area contributed by atoms with Gasteiger partial charge in [-0.05, 0) is 43.0 Å². The number of benzene rings is 1. The molecule has 1 N–H and O–H groups in total. The van der Waals surface area contributed by atoms with Crippen molar-refractivity contribution in [1.82, 2.24) is 14.3 Å². The van der Waals surface area contributed by atoms with Crippen molar-refractivity contribution in [2.75, 3.05) is 11.9 Å². The van der Waals surface area contributed by atoms with Crippen LogP contribution in [0.3, 0.4) is 0 Å². The number of fused-ring (bicyclic) bond motifs is 1. The van der Waals surface area contributed by atoms with E-state index in [1.165, 1.54) is 16.2 Å². The maximum atomic E-state index is 13.4. The fraction of sp³-hybridized carbons (Fsp3) is 0.280. The summed E-state index contributed by atoms with van der Waals surface area (Å²) in [5.41, 5.74) is 3.79. The monoisotopic (exact) mass is 478 g/mol. The molecule has 0 spiro atoms. The third-order valence-corrected chi connectivity index (χ3v) is 6.75. The highest BCUT2D eigenvalue weighted by Gasteiger charge is 2.32. The molecular weight excluding hydrogens is 452 g/mol. The Kier molecular flexibility index (Phi) is 6.67. The van der Waals surface area contributed by atoms with Crippen LogP contribution in [0.1, 0.15) is 36.1 Å². The summed E-state index contributed by atoms with van der Waals surface area (Å²) in [5.74, 6) is 0.642. The molecule has 1 aliphatic rings. The highest BCUT2D eigenvalue weighted by atomic mass is 32.2. The van der Waals surface area contributed by atoms with E-state index < -0.39 is 0 Å². The lowest BCUT2D eigenvalue weighted by Crippen LogP contribution is -2.27. The molecule has 0 atom stereocenters. The molecule has 3 heterocycles. The average molecular weight is 479 g/mol. The lowest BCUT2D eigenvalue weighted by molar-refractivity contribution is -0.122. The highest BCUT2D eigenvalue weighted by Crippen LogP contribution is 2.34. The van der Waals surface area contributed by atoms with Gasteiger partial charge >= 0.3 is 0 Å². The third-order valence-electron chi connectivity index (χ3n) is 5.37. The number of carbonyl (C=O) groups is 1. The summed E-state index contributed by atoms with van der Waals surface area (Å²) in [6, 6.07) is 11.8. The van der Waals surface area contributed by atoms with Crippen molar-refractivity contribution < 1.29 is 4.79 Å². The molecule has 2 aromatic heterocycles. The second-order valence-electron chi connectivity index (χ2n) is 8.59. The Bertz CT molecular complexity index is 1330. The van der Waals surface area contributed by atoms with Gasteiger partial charge in [0.25, 0.3) is 11.5 Å². The van der Waals surface area contributed by atoms with Gasteiger partial charge in [0.1, 0.15) is 15.8 Å². The van der Waals surface area contributed by atoms with Crippen molar-refractivity contribution >= 4 is 51.7 Å². The first-order chi connectivity index (χ1) is 15.7. The molecule has 0 saturated carbocycles. The number of thiocarbonyl (C=S) groups is 1. The number of amides is 1. The predicted molar refractivity (Wildman–Crippen MR) is 139 cm³/mol. The normalized spacial score (nSPS) is 15.3. The van der Waals surface area contributed by atoms with Crippen molar-refractivity contribution in [1.29, 1.82) is 0 Å². The standard InChI is InChI=1S/C25H26N4O2S2/c1-15(2)13-26-21-19(23(30)28-11-5-6-17(4)22(28)27-21)12-20-24(31)29(25(32)33-20)14-18-9-7-16(3)8-10-18/h5-12,15,26H,13-14H2,1-4H3/b20-12+. The molecule has 0 radical (unpaired) electrons. The summed E-state index contributed by atoms with van der Waals surface area (Å²) < 4.78 is 2.00. The van der Waals surface area contributed by atoms with Gasteiger partial charge in [-0.1, -0.05) is 73.7 Å². The van der Waals surface area contributed by atoms with Crippen molar-refractivity contribution in [3.05, 3.63) is 80.1 Å². The van der Waals surface area contributed by atoms with Crippen LogP contribution in [0.2, 0.25) is 0 Å². The fourth-order valence-electron chi connectivity index (χ4n) is 3.52. The Labute approximate surface area is 202 Å². The van der Waals surface area contributed by atoms with Gasteiger partial charge in [-0.15, -0.1) is 0 Å². The largest absolute Gasteiger partial charge is 0.369 e. The molecule has 1 saturated heterocycles. The SMILES string of the molecule is Cc1ccc(CN2C(=O)/C(=C\c3c(NCC(C)C)nc4c(C)cccn4c3=O)SC2=S)cc1. The first-order valence-electron chi connectivity index (χ1n) is 10.8. The van der Waals surface area contributed by atoms with Crippen LogP contribution in [0.25, 0.3) is 11.7 Å². The number of aromatic nitrogens is 2. The number of thioether (sulfide) groups is 1. The molecule has 0 unspecified atom stereocenters. The number of pyridine rings is 1. The maximum absolute atomic E-state index is 13.4. The molecule has 0 aliphatic carbocycles. The number of aryl methyl sites for hydroxylation is 2. The van der Waals surface area contributed by atoms with Crippen molar-refractivity contribution in [2.24, 2.45) is 5.92 Å². The van der Waals surface area contributed by atoms with Crippen LogP contribution >= 0.6 is 24.0 Å². The van der Waals surface area contributed by atoms with E-state index in [9.17, 15) is 9.59 Å². The van der Waals surface area contributed by atoms with E-state index in [-0.39, 0.29) is 11.5 Å². The van der Waals surface area contributed by atoms with Gasteiger partial charge in [-0.2, -0.15) is 0 Å². The summed E-state index contributed by atoms with van der Waals surface area (Å²) in [6.45, 7) is 9.17. The smallest absolute Gasteiger partial charge is 0.267 e. The topological polar surface area (TPSA) is 66.7 Å². The minimum absolute atomic E-state index is 0.200. The van der Waals surface area contributed by atoms with Gasteiger partial charge in [0.15, 0.2) is 0 Å². The van der Waals surface area contributed by atoms with E-state index in [0.29, 0.717) is 45.3 Å². The van der Waals surface area contributed by atoms with Crippen molar-refractivity contribution in [3.63, 3.8) is 0 Å². The van der Waals surface area contributed by atoms with E-state index in [4.69, 9.17) is 17.2 Å². The van der Waals surface area contributed by atoms with Crippen LogP contribution in [0.4, 0.5) is 5.82 Å². The first kappa shape index (κ1) is 23.2. The molecule has 6 nitrogen and oxygen atoms in total. The third kappa shape index (κ3) is 4.86. The van der Waals surface area contributed by atoms with Crippen LogP contribution in [0, 0.1) is 19.8 Å². The van der Waals surface area contributed by atoms with Crippen LogP contribution in [-0.4, -0.2) is 31.1 Å². The van der Waals surface area contributed by atoms with Crippen molar-refractivity contribution in [3.8, 4) is 0 Å². The number of carbonyl (C=O) groups excluding carboxylic acids is 1. The van der Waals surface area contributed by atoms with E-state index in [2.05, 4.69) is 19.2 Å².